The van der Waals surface area contributed by atoms with E-state index in [-0.39, 0.29) is 17.8 Å². The van der Waals surface area contributed by atoms with Gasteiger partial charge < -0.3 is 20.6 Å². The molecule has 5 nitrogen and oxygen atoms in total. The Balaban J connectivity index is 2.27. The van der Waals surface area contributed by atoms with Crippen LogP contribution in [0.5, 0.6) is 5.75 Å². The van der Waals surface area contributed by atoms with E-state index in [9.17, 15) is 9.90 Å². The number of aromatic hydroxyl groups is 1. The Hall–Kier alpha value is -1.75. The lowest BCUT2D eigenvalue weighted by atomic mass is 10.1. The fourth-order valence-electron chi connectivity index (χ4n) is 1.50. The zero-order chi connectivity index (χ0) is 13.5. The zero-order valence-electron chi connectivity index (χ0n) is 11.1. The summed E-state index contributed by atoms with van der Waals surface area (Å²) in [6.07, 6.45) is 0. The maximum atomic E-state index is 11.3. The molecule has 0 spiro atoms. The van der Waals surface area contributed by atoms with Crippen molar-refractivity contribution in [3.63, 3.8) is 0 Å². The molecule has 0 aromatic heterocycles. The number of rotatable bonds is 5. The number of carbonyl (C=O) groups is 1. The molecule has 5 heteroatoms. The maximum Gasteiger partial charge on any atom is 0.316 e. The molecule has 0 aliphatic rings. The van der Waals surface area contributed by atoms with E-state index in [1.54, 1.807) is 26.2 Å². The number of phenols is 1. The van der Waals surface area contributed by atoms with E-state index in [1.807, 2.05) is 19.1 Å². The van der Waals surface area contributed by atoms with Gasteiger partial charge in [-0.2, -0.15) is 0 Å². The third-order valence-corrected chi connectivity index (χ3v) is 2.65. The molecule has 0 fully saturated rings. The van der Waals surface area contributed by atoms with Crippen LogP contribution in [0.4, 0.5) is 4.79 Å². The molecule has 1 unspecified atom stereocenters. The Morgan fingerprint density at radius 1 is 1.28 bits per heavy atom. The van der Waals surface area contributed by atoms with Crippen LogP contribution in [0.1, 0.15) is 18.5 Å². The predicted octanol–water partition coefficient (Wildman–Crippen LogP) is 1.31. The number of amides is 2. The van der Waals surface area contributed by atoms with Gasteiger partial charge in [0.1, 0.15) is 5.75 Å². The molecule has 0 bridgehead atoms. The number of phenolic OH excluding ortho intramolecular Hbond substituents is 1. The first-order valence-electron chi connectivity index (χ1n) is 5.98. The van der Waals surface area contributed by atoms with Crippen LogP contribution in [-0.4, -0.2) is 43.2 Å². The van der Waals surface area contributed by atoms with Crippen LogP contribution >= 0.6 is 0 Å². The first-order valence-corrected chi connectivity index (χ1v) is 5.98. The van der Waals surface area contributed by atoms with Gasteiger partial charge in [0, 0.05) is 33.2 Å². The minimum Gasteiger partial charge on any atom is -0.508 e. The van der Waals surface area contributed by atoms with Crippen molar-refractivity contribution in [3.8, 4) is 5.75 Å². The molecule has 2 amide bonds. The van der Waals surface area contributed by atoms with Crippen LogP contribution in [-0.2, 0) is 0 Å². The summed E-state index contributed by atoms with van der Waals surface area (Å²) in [6, 6.07) is 7.19. The molecule has 0 aliphatic carbocycles. The monoisotopic (exact) mass is 251 g/mol. The van der Waals surface area contributed by atoms with Gasteiger partial charge >= 0.3 is 6.03 Å². The molecular formula is C13H21N3O2. The van der Waals surface area contributed by atoms with E-state index < -0.39 is 0 Å². The smallest absolute Gasteiger partial charge is 0.316 e. The van der Waals surface area contributed by atoms with E-state index >= 15 is 0 Å². The fraction of sp³-hybridized carbons (Fsp3) is 0.462. The second-order valence-electron chi connectivity index (χ2n) is 4.39. The number of hydrogen-bond acceptors (Lipinski definition) is 3. The number of carbonyl (C=O) groups excluding carboxylic acids is 1. The van der Waals surface area contributed by atoms with E-state index in [2.05, 4.69) is 10.6 Å². The quantitative estimate of drug-likeness (QED) is 0.691. The van der Waals surface area contributed by atoms with Crippen molar-refractivity contribution in [1.82, 2.24) is 15.5 Å². The molecule has 1 aromatic carbocycles. The van der Waals surface area contributed by atoms with Crippen molar-refractivity contribution in [2.75, 3.05) is 27.2 Å². The zero-order valence-corrected chi connectivity index (χ0v) is 11.1. The molecule has 0 heterocycles. The van der Waals surface area contributed by atoms with Gasteiger partial charge in [-0.05, 0) is 24.6 Å². The van der Waals surface area contributed by atoms with Gasteiger partial charge in [-0.25, -0.2) is 4.79 Å². The summed E-state index contributed by atoms with van der Waals surface area (Å²) in [5, 5.41) is 15.3. The molecule has 3 N–H and O–H groups in total. The molecule has 1 aromatic rings. The second kappa shape index (κ2) is 6.86. The lowest BCUT2D eigenvalue weighted by molar-refractivity contribution is 0.217. The average molecular weight is 251 g/mol. The van der Waals surface area contributed by atoms with E-state index in [4.69, 9.17) is 0 Å². The average Bonchev–Trinajstić information content (AvgIpc) is 2.34. The number of hydrogen-bond donors (Lipinski definition) is 3. The minimum atomic E-state index is -0.0888. The van der Waals surface area contributed by atoms with Crippen molar-refractivity contribution < 1.29 is 9.90 Å². The fourth-order valence-corrected chi connectivity index (χ4v) is 1.50. The Morgan fingerprint density at radius 3 is 2.44 bits per heavy atom. The van der Waals surface area contributed by atoms with Crippen LogP contribution in [0, 0.1) is 0 Å². The molecule has 18 heavy (non-hydrogen) atoms. The minimum absolute atomic E-state index is 0.0888. The van der Waals surface area contributed by atoms with Crippen LogP contribution in [0.25, 0.3) is 0 Å². The highest BCUT2D eigenvalue weighted by atomic mass is 16.3. The van der Waals surface area contributed by atoms with Gasteiger partial charge in [-0.15, -0.1) is 0 Å². The molecule has 1 atom stereocenters. The summed E-state index contributed by atoms with van der Waals surface area (Å²) >= 11 is 0. The predicted molar refractivity (Wildman–Crippen MR) is 71.6 cm³/mol. The van der Waals surface area contributed by atoms with E-state index in [1.165, 1.54) is 4.90 Å². The van der Waals surface area contributed by atoms with Crippen LogP contribution < -0.4 is 10.6 Å². The summed E-state index contributed by atoms with van der Waals surface area (Å²) in [4.78, 5) is 12.8. The third kappa shape index (κ3) is 4.63. The Morgan fingerprint density at radius 2 is 1.89 bits per heavy atom. The van der Waals surface area contributed by atoms with Crippen LogP contribution in [0.15, 0.2) is 24.3 Å². The Labute approximate surface area is 108 Å². The van der Waals surface area contributed by atoms with E-state index in [0.29, 0.717) is 13.1 Å². The van der Waals surface area contributed by atoms with Gasteiger partial charge in [0.15, 0.2) is 0 Å². The molecule has 0 saturated heterocycles. The van der Waals surface area contributed by atoms with Crippen LogP contribution in [0.2, 0.25) is 0 Å². The molecule has 0 aliphatic heterocycles. The maximum absolute atomic E-state index is 11.3. The first-order chi connectivity index (χ1) is 8.50. The summed E-state index contributed by atoms with van der Waals surface area (Å²) in [7, 11) is 3.42. The summed E-state index contributed by atoms with van der Waals surface area (Å²) in [5.41, 5.74) is 1.10. The van der Waals surface area contributed by atoms with Crippen molar-refractivity contribution in [2.24, 2.45) is 0 Å². The topological polar surface area (TPSA) is 64.6 Å². The number of nitrogens with zero attached hydrogens (tertiary/aromatic N) is 1. The van der Waals surface area contributed by atoms with Gasteiger partial charge in [0.25, 0.3) is 0 Å². The highest BCUT2D eigenvalue weighted by Crippen LogP contribution is 2.15. The van der Waals surface area contributed by atoms with Crippen molar-refractivity contribution in [1.29, 1.82) is 0 Å². The Kier molecular flexibility index (Phi) is 5.45. The molecule has 0 saturated carbocycles. The standard InChI is InChI=1S/C13H21N3O2/c1-10(11-4-6-12(17)7-5-11)14-8-9-15-13(18)16(2)3/h4-7,10,14,17H,8-9H2,1-3H3,(H,15,18). The molecule has 100 valence electrons. The molecule has 1 rings (SSSR count). The van der Waals surface area contributed by atoms with Crippen molar-refractivity contribution in [2.45, 2.75) is 13.0 Å². The van der Waals surface area contributed by atoms with Gasteiger partial charge in [0.2, 0.25) is 0 Å². The number of urea groups is 1. The normalized spacial score (nSPS) is 11.9. The largest absolute Gasteiger partial charge is 0.508 e. The van der Waals surface area contributed by atoms with Crippen molar-refractivity contribution >= 4 is 6.03 Å². The highest BCUT2D eigenvalue weighted by Gasteiger charge is 2.05. The lowest BCUT2D eigenvalue weighted by Crippen LogP contribution is -2.38. The molecule has 0 radical (unpaired) electrons. The van der Waals surface area contributed by atoms with Crippen molar-refractivity contribution in [3.05, 3.63) is 29.8 Å². The first kappa shape index (κ1) is 14.3. The third-order valence-electron chi connectivity index (χ3n) is 2.65. The lowest BCUT2D eigenvalue weighted by Gasteiger charge is -2.16. The van der Waals surface area contributed by atoms with Gasteiger partial charge in [0.05, 0.1) is 0 Å². The highest BCUT2D eigenvalue weighted by molar-refractivity contribution is 5.73. The summed E-state index contributed by atoms with van der Waals surface area (Å²) < 4.78 is 0. The van der Waals surface area contributed by atoms with Gasteiger partial charge in [-0.3, -0.25) is 0 Å². The van der Waals surface area contributed by atoms with Gasteiger partial charge in [-0.1, -0.05) is 12.1 Å². The second-order valence-corrected chi connectivity index (χ2v) is 4.39. The number of benzene rings is 1. The SMILES string of the molecule is CC(NCCNC(=O)N(C)C)c1ccc(O)cc1. The summed E-state index contributed by atoms with van der Waals surface area (Å²) in [5.74, 6) is 0.268. The Bertz CT molecular complexity index is 376. The van der Waals surface area contributed by atoms with E-state index in [0.717, 1.165) is 5.56 Å². The summed E-state index contributed by atoms with van der Waals surface area (Å²) in [6.45, 7) is 3.32. The number of nitrogens with one attached hydrogen (secondary N) is 2. The molecular weight excluding hydrogens is 230 g/mol. The van der Waals surface area contributed by atoms with Crippen LogP contribution in [0.3, 0.4) is 0 Å².